The first-order chi connectivity index (χ1) is 10.4. The molecule has 1 aromatic carbocycles. The zero-order valence-electron chi connectivity index (χ0n) is 13.1. The van der Waals surface area contributed by atoms with Gasteiger partial charge >= 0.3 is 0 Å². The maximum atomic E-state index is 12.5. The van der Waals surface area contributed by atoms with Crippen LogP contribution in [0, 0.1) is 5.92 Å². The van der Waals surface area contributed by atoms with Crippen molar-refractivity contribution in [2.24, 2.45) is 11.7 Å². The molecule has 2 aliphatic rings. The molecule has 1 atom stereocenters. The molecule has 0 bridgehead atoms. The average Bonchev–Trinajstić information content (AvgIpc) is 3.21. The van der Waals surface area contributed by atoms with Gasteiger partial charge in [-0.1, -0.05) is 32.0 Å². The molecule has 3 N–H and O–H groups in total. The second kappa shape index (κ2) is 5.39. The van der Waals surface area contributed by atoms with E-state index >= 15 is 0 Å². The molecule has 118 valence electrons. The summed E-state index contributed by atoms with van der Waals surface area (Å²) in [4.78, 5) is 26.2. The summed E-state index contributed by atoms with van der Waals surface area (Å²) in [5.74, 6) is -0.283. The van der Waals surface area contributed by atoms with Gasteiger partial charge in [0.25, 0.3) is 0 Å². The first-order valence-electron chi connectivity index (χ1n) is 7.88. The Kier molecular flexibility index (Phi) is 3.68. The third kappa shape index (κ3) is 2.50. The predicted octanol–water partition coefficient (Wildman–Crippen LogP) is 1.16. The number of carbonyl (C=O) groups is 2. The van der Waals surface area contributed by atoms with Crippen LogP contribution >= 0.6 is 0 Å². The van der Waals surface area contributed by atoms with Gasteiger partial charge in [-0.2, -0.15) is 0 Å². The van der Waals surface area contributed by atoms with E-state index in [1.54, 1.807) is 0 Å². The highest BCUT2D eigenvalue weighted by Crippen LogP contribution is 2.56. The Bertz CT molecular complexity index is 608. The number of carbonyl (C=O) groups excluding carboxylic acids is 2. The van der Waals surface area contributed by atoms with Crippen LogP contribution in [-0.2, 0) is 15.0 Å². The Morgan fingerprint density at radius 3 is 2.64 bits per heavy atom. The van der Waals surface area contributed by atoms with Crippen molar-refractivity contribution in [1.82, 2.24) is 5.32 Å². The van der Waals surface area contributed by atoms with Crippen molar-refractivity contribution in [3.8, 4) is 0 Å². The minimum absolute atomic E-state index is 0.00364. The fraction of sp³-hybridized carbons (Fsp3) is 0.529. The summed E-state index contributed by atoms with van der Waals surface area (Å²) in [5.41, 5.74) is 8.23. The van der Waals surface area contributed by atoms with E-state index in [9.17, 15) is 9.59 Å². The second-order valence-electron chi connectivity index (χ2n) is 6.76. The Morgan fingerprint density at radius 1 is 1.32 bits per heavy atom. The molecule has 1 fully saturated rings. The van der Waals surface area contributed by atoms with Crippen LogP contribution in [0.3, 0.4) is 0 Å². The molecule has 5 nitrogen and oxygen atoms in total. The Hall–Kier alpha value is -1.88. The van der Waals surface area contributed by atoms with Gasteiger partial charge in [-0.25, -0.2) is 0 Å². The van der Waals surface area contributed by atoms with Gasteiger partial charge in [0.2, 0.25) is 11.8 Å². The van der Waals surface area contributed by atoms with Crippen LogP contribution in [0.1, 0.15) is 32.3 Å². The van der Waals surface area contributed by atoms with Gasteiger partial charge < -0.3 is 16.0 Å². The first kappa shape index (κ1) is 15.0. The molecular formula is C17H23N3O2. The number of nitrogens with two attached hydrogens (primary N) is 1. The van der Waals surface area contributed by atoms with Crippen molar-refractivity contribution in [1.29, 1.82) is 0 Å². The van der Waals surface area contributed by atoms with E-state index in [0.29, 0.717) is 0 Å². The largest absolute Gasteiger partial charge is 0.346 e. The van der Waals surface area contributed by atoms with Crippen molar-refractivity contribution in [3.05, 3.63) is 29.8 Å². The fourth-order valence-corrected chi connectivity index (χ4v) is 3.11. The van der Waals surface area contributed by atoms with Gasteiger partial charge in [-0.15, -0.1) is 0 Å². The van der Waals surface area contributed by atoms with Gasteiger partial charge in [0, 0.05) is 17.6 Å². The van der Waals surface area contributed by atoms with Crippen LogP contribution in [0.5, 0.6) is 0 Å². The van der Waals surface area contributed by atoms with E-state index < -0.39 is 6.04 Å². The van der Waals surface area contributed by atoms with Crippen LogP contribution < -0.4 is 16.0 Å². The van der Waals surface area contributed by atoms with Crippen LogP contribution in [0.4, 0.5) is 5.69 Å². The van der Waals surface area contributed by atoms with Crippen molar-refractivity contribution in [2.45, 2.75) is 38.1 Å². The molecule has 0 aromatic heterocycles. The number of rotatable bonds is 4. The number of para-hydroxylation sites is 1. The minimum Gasteiger partial charge on any atom is -0.346 e. The molecule has 1 heterocycles. The van der Waals surface area contributed by atoms with Gasteiger partial charge in [0.15, 0.2) is 0 Å². The van der Waals surface area contributed by atoms with Crippen LogP contribution in [0.15, 0.2) is 24.3 Å². The normalized spacial score (nSPS) is 19.2. The molecule has 0 saturated heterocycles. The fourth-order valence-electron chi connectivity index (χ4n) is 3.11. The summed E-state index contributed by atoms with van der Waals surface area (Å²) in [6.45, 7) is 4.51. The summed E-state index contributed by atoms with van der Waals surface area (Å²) in [7, 11) is 0. The molecule has 1 aliphatic heterocycles. The van der Waals surface area contributed by atoms with E-state index in [-0.39, 0.29) is 29.7 Å². The van der Waals surface area contributed by atoms with Crippen LogP contribution in [0.2, 0.25) is 0 Å². The van der Waals surface area contributed by atoms with Crippen LogP contribution in [-0.4, -0.2) is 30.9 Å². The number of benzene rings is 1. The average molecular weight is 301 g/mol. The predicted molar refractivity (Wildman–Crippen MR) is 85.5 cm³/mol. The molecule has 1 saturated carbocycles. The summed E-state index contributed by atoms with van der Waals surface area (Å²) < 4.78 is 0. The standard InChI is InChI=1S/C17H23N3O2/c1-11(2)15(18)16(22)19-9-14(21)20-10-17(7-8-17)12-5-3-4-6-13(12)20/h3-6,11,15H,7-10,18H2,1-2H3,(H,19,22)/t15-/m0/s1. The molecule has 22 heavy (non-hydrogen) atoms. The minimum atomic E-state index is -0.576. The molecule has 2 amide bonds. The first-order valence-corrected chi connectivity index (χ1v) is 7.88. The third-order valence-electron chi connectivity index (χ3n) is 4.82. The molecular weight excluding hydrogens is 278 g/mol. The Balaban J connectivity index is 1.66. The van der Waals surface area contributed by atoms with E-state index in [2.05, 4.69) is 11.4 Å². The molecule has 1 aromatic rings. The SMILES string of the molecule is CC(C)[C@H](N)C(=O)NCC(=O)N1CC2(CC2)c2ccccc21. The van der Waals surface area contributed by atoms with E-state index in [1.807, 2.05) is 36.9 Å². The van der Waals surface area contributed by atoms with Gasteiger partial charge in [0.05, 0.1) is 12.6 Å². The van der Waals surface area contributed by atoms with E-state index in [0.717, 1.165) is 25.1 Å². The van der Waals surface area contributed by atoms with Crippen molar-refractivity contribution in [3.63, 3.8) is 0 Å². The van der Waals surface area contributed by atoms with Gasteiger partial charge in [-0.05, 0) is 30.4 Å². The number of hydrogen-bond donors (Lipinski definition) is 2. The van der Waals surface area contributed by atoms with Crippen molar-refractivity contribution >= 4 is 17.5 Å². The number of nitrogens with one attached hydrogen (secondary N) is 1. The highest BCUT2D eigenvalue weighted by atomic mass is 16.2. The van der Waals surface area contributed by atoms with E-state index in [1.165, 1.54) is 5.56 Å². The topological polar surface area (TPSA) is 75.4 Å². The third-order valence-corrected chi connectivity index (χ3v) is 4.82. The molecule has 1 spiro atoms. The molecule has 5 heteroatoms. The Morgan fingerprint density at radius 2 is 2.00 bits per heavy atom. The summed E-state index contributed by atoms with van der Waals surface area (Å²) in [6, 6.07) is 7.50. The van der Waals surface area contributed by atoms with Crippen LogP contribution in [0.25, 0.3) is 0 Å². The number of hydrogen-bond acceptors (Lipinski definition) is 3. The van der Waals surface area contributed by atoms with Crippen molar-refractivity contribution in [2.75, 3.05) is 18.0 Å². The summed E-state index contributed by atoms with van der Waals surface area (Å²) in [6.07, 6.45) is 2.27. The van der Waals surface area contributed by atoms with E-state index in [4.69, 9.17) is 5.73 Å². The number of fused-ring (bicyclic) bond motifs is 2. The van der Waals surface area contributed by atoms with Gasteiger partial charge in [0.1, 0.15) is 0 Å². The highest BCUT2D eigenvalue weighted by Gasteiger charge is 2.52. The number of amides is 2. The lowest BCUT2D eigenvalue weighted by Gasteiger charge is -2.20. The quantitative estimate of drug-likeness (QED) is 0.876. The van der Waals surface area contributed by atoms with Crippen molar-refractivity contribution < 1.29 is 9.59 Å². The Labute approximate surface area is 130 Å². The molecule has 3 rings (SSSR count). The maximum absolute atomic E-state index is 12.5. The lowest BCUT2D eigenvalue weighted by atomic mass is 9.99. The second-order valence-corrected chi connectivity index (χ2v) is 6.76. The van der Waals surface area contributed by atoms with Gasteiger partial charge in [-0.3, -0.25) is 9.59 Å². The summed E-state index contributed by atoms with van der Waals surface area (Å²) in [5, 5.41) is 2.66. The zero-order valence-corrected chi connectivity index (χ0v) is 13.1. The maximum Gasteiger partial charge on any atom is 0.246 e. The number of nitrogens with zero attached hydrogens (tertiary/aromatic N) is 1. The zero-order chi connectivity index (χ0) is 15.9. The summed E-state index contributed by atoms with van der Waals surface area (Å²) >= 11 is 0. The lowest BCUT2D eigenvalue weighted by molar-refractivity contribution is -0.126. The highest BCUT2D eigenvalue weighted by molar-refractivity contribution is 5.99. The molecule has 0 unspecified atom stereocenters. The monoisotopic (exact) mass is 301 g/mol. The lowest BCUT2D eigenvalue weighted by Crippen LogP contribution is -2.48. The smallest absolute Gasteiger partial charge is 0.246 e. The molecule has 1 aliphatic carbocycles. The molecule has 0 radical (unpaired) electrons. The number of anilines is 1.